The molecule has 102 valence electrons. The van der Waals surface area contributed by atoms with Crippen LogP contribution in [-0.4, -0.2) is 30.0 Å². The third-order valence-electron chi connectivity index (χ3n) is 3.26. The van der Waals surface area contributed by atoms with E-state index < -0.39 is 0 Å². The first kappa shape index (κ1) is 14.8. The van der Waals surface area contributed by atoms with Gasteiger partial charge in [-0.15, -0.1) is 0 Å². The fourth-order valence-electron chi connectivity index (χ4n) is 1.65. The quantitative estimate of drug-likeness (QED) is 0.694. The molecule has 2 atom stereocenters. The van der Waals surface area contributed by atoms with Crippen molar-refractivity contribution >= 4 is 0 Å². The van der Waals surface area contributed by atoms with E-state index in [-0.39, 0.29) is 17.8 Å². The number of hydrogen-bond donors (Lipinski definition) is 3. The molecule has 0 aliphatic heterocycles. The van der Waals surface area contributed by atoms with Gasteiger partial charge in [0.25, 0.3) is 0 Å². The molecule has 4 nitrogen and oxygen atoms in total. The number of aromatic hydroxyl groups is 1. The Bertz CT molecular complexity index is 368. The van der Waals surface area contributed by atoms with E-state index in [1.54, 1.807) is 13.2 Å². The number of benzene rings is 1. The van der Waals surface area contributed by atoms with Crippen molar-refractivity contribution in [2.75, 3.05) is 13.7 Å². The predicted octanol–water partition coefficient (Wildman–Crippen LogP) is 1.90. The predicted molar refractivity (Wildman–Crippen MR) is 71.8 cm³/mol. The normalized spacial score (nSPS) is 14.2. The molecular weight excluding hydrogens is 230 g/mol. The van der Waals surface area contributed by atoms with Crippen LogP contribution in [0.1, 0.15) is 25.8 Å². The summed E-state index contributed by atoms with van der Waals surface area (Å²) in [6, 6.07) is 5.21. The van der Waals surface area contributed by atoms with E-state index in [1.165, 1.54) is 0 Å². The summed E-state index contributed by atoms with van der Waals surface area (Å²) in [5.41, 5.74) is 0.798. The Labute approximate surface area is 109 Å². The zero-order valence-corrected chi connectivity index (χ0v) is 11.3. The Morgan fingerprint density at radius 2 is 2.11 bits per heavy atom. The highest BCUT2D eigenvalue weighted by Crippen LogP contribution is 2.23. The lowest BCUT2D eigenvalue weighted by atomic mass is 10.0. The third-order valence-corrected chi connectivity index (χ3v) is 3.26. The smallest absolute Gasteiger partial charge is 0.123 e. The van der Waals surface area contributed by atoms with Crippen molar-refractivity contribution in [3.05, 3.63) is 23.8 Å². The largest absolute Gasteiger partial charge is 0.507 e. The summed E-state index contributed by atoms with van der Waals surface area (Å²) < 4.78 is 5.02. The second-order valence-electron chi connectivity index (χ2n) is 4.58. The van der Waals surface area contributed by atoms with Gasteiger partial charge in [-0.05, 0) is 12.0 Å². The average Bonchev–Trinajstić information content (AvgIpc) is 2.39. The maximum atomic E-state index is 9.80. The standard InChI is InChI=1S/C14H23NO3/c1-4-10(2)14(17)9-15-8-11-5-6-12(18-3)7-13(11)16/h5-7,10,14-17H,4,8-9H2,1-3H3. The fraction of sp³-hybridized carbons (Fsp3) is 0.571. The van der Waals surface area contributed by atoms with Crippen molar-refractivity contribution in [3.63, 3.8) is 0 Å². The maximum absolute atomic E-state index is 9.80. The summed E-state index contributed by atoms with van der Waals surface area (Å²) in [5.74, 6) is 1.12. The first-order chi connectivity index (χ1) is 8.58. The van der Waals surface area contributed by atoms with Crippen LogP contribution in [0.3, 0.4) is 0 Å². The summed E-state index contributed by atoms with van der Waals surface area (Å²) in [6.45, 7) is 5.14. The Kier molecular flexibility index (Phi) is 5.95. The fourth-order valence-corrected chi connectivity index (χ4v) is 1.65. The van der Waals surface area contributed by atoms with Crippen LogP contribution < -0.4 is 10.1 Å². The zero-order valence-electron chi connectivity index (χ0n) is 11.3. The lowest BCUT2D eigenvalue weighted by Crippen LogP contribution is -2.31. The molecule has 1 aromatic carbocycles. The van der Waals surface area contributed by atoms with Crippen molar-refractivity contribution in [1.82, 2.24) is 5.32 Å². The Hall–Kier alpha value is -1.26. The number of methoxy groups -OCH3 is 1. The van der Waals surface area contributed by atoms with E-state index in [9.17, 15) is 10.2 Å². The molecule has 18 heavy (non-hydrogen) atoms. The topological polar surface area (TPSA) is 61.7 Å². The molecule has 0 spiro atoms. The van der Waals surface area contributed by atoms with Gasteiger partial charge in [0, 0.05) is 24.7 Å². The van der Waals surface area contributed by atoms with Gasteiger partial charge in [0.05, 0.1) is 13.2 Å². The zero-order chi connectivity index (χ0) is 13.5. The monoisotopic (exact) mass is 253 g/mol. The highest BCUT2D eigenvalue weighted by atomic mass is 16.5. The number of aliphatic hydroxyl groups is 1. The van der Waals surface area contributed by atoms with E-state index in [2.05, 4.69) is 12.2 Å². The number of hydrogen-bond acceptors (Lipinski definition) is 4. The molecule has 2 unspecified atom stereocenters. The summed E-state index contributed by atoms with van der Waals surface area (Å²) in [4.78, 5) is 0. The van der Waals surface area contributed by atoms with Crippen molar-refractivity contribution in [2.24, 2.45) is 5.92 Å². The van der Waals surface area contributed by atoms with E-state index in [1.807, 2.05) is 19.1 Å². The van der Waals surface area contributed by atoms with Gasteiger partial charge in [-0.1, -0.05) is 26.3 Å². The Balaban J connectivity index is 2.44. The van der Waals surface area contributed by atoms with Gasteiger partial charge in [-0.3, -0.25) is 0 Å². The highest BCUT2D eigenvalue weighted by Gasteiger charge is 2.11. The van der Waals surface area contributed by atoms with Crippen LogP contribution in [0.5, 0.6) is 11.5 Å². The second-order valence-corrected chi connectivity index (χ2v) is 4.58. The first-order valence-electron chi connectivity index (χ1n) is 6.33. The minimum Gasteiger partial charge on any atom is -0.507 e. The number of ether oxygens (including phenoxy) is 1. The molecule has 0 aliphatic rings. The molecule has 1 aromatic rings. The number of nitrogens with one attached hydrogen (secondary N) is 1. The lowest BCUT2D eigenvalue weighted by molar-refractivity contribution is 0.112. The van der Waals surface area contributed by atoms with Crippen molar-refractivity contribution in [3.8, 4) is 11.5 Å². The molecule has 4 heteroatoms. The van der Waals surface area contributed by atoms with Gasteiger partial charge in [0.1, 0.15) is 11.5 Å². The molecule has 0 heterocycles. The average molecular weight is 253 g/mol. The van der Waals surface area contributed by atoms with Gasteiger partial charge in [-0.2, -0.15) is 0 Å². The molecule has 0 aliphatic carbocycles. The second kappa shape index (κ2) is 7.24. The molecule has 1 rings (SSSR count). The summed E-state index contributed by atoms with van der Waals surface area (Å²) in [5, 5.41) is 22.7. The van der Waals surface area contributed by atoms with Gasteiger partial charge in [0.15, 0.2) is 0 Å². The number of aliphatic hydroxyl groups excluding tert-OH is 1. The SMILES string of the molecule is CCC(C)C(O)CNCc1ccc(OC)cc1O. The van der Waals surface area contributed by atoms with E-state index in [0.717, 1.165) is 12.0 Å². The highest BCUT2D eigenvalue weighted by molar-refractivity contribution is 5.39. The van der Waals surface area contributed by atoms with Crippen molar-refractivity contribution in [1.29, 1.82) is 0 Å². The van der Waals surface area contributed by atoms with Crippen LogP contribution in [0.15, 0.2) is 18.2 Å². The number of rotatable bonds is 7. The van der Waals surface area contributed by atoms with E-state index in [0.29, 0.717) is 18.8 Å². The molecule has 0 aromatic heterocycles. The van der Waals surface area contributed by atoms with Crippen LogP contribution >= 0.6 is 0 Å². The van der Waals surface area contributed by atoms with Gasteiger partial charge < -0.3 is 20.3 Å². The summed E-state index contributed by atoms with van der Waals surface area (Å²) in [6.07, 6.45) is 0.604. The number of phenols is 1. The molecular formula is C14H23NO3. The van der Waals surface area contributed by atoms with Gasteiger partial charge >= 0.3 is 0 Å². The number of phenolic OH excluding ortho intramolecular Hbond substituents is 1. The van der Waals surface area contributed by atoms with Crippen molar-refractivity contribution in [2.45, 2.75) is 32.9 Å². The van der Waals surface area contributed by atoms with Gasteiger partial charge in [0.2, 0.25) is 0 Å². The minimum absolute atomic E-state index is 0.208. The van der Waals surface area contributed by atoms with E-state index in [4.69, 9.17) is 4.74 Å². The van der Waals surface area contributed by atoms with Gasteiger partial charge in [-0.25, -0.2) is 0 Å². The minimum atomic E-state index is -0.351. The molecule has 0 saturated carbocycles. The van der Waals surface area contributed by atoms with Crippen LogP contribution in [0.4, 0.5) is 0 Å². The molecule has 0 bridgehead atoms. The molecule has 3 N–H and O–H groups in total. The van der Waals surface area contributed by atoms with Crippen LogP contribution in [0.2, 0.25) is 0 Å². The summed E-state index contributed by atoms with van der Waals surface area (Å²) in [7, 11) is 1.56. The maximum Gasteiger partial charge on any atom is 0.123 e. The molecule has 0 amide bonds. The van der Waals surface area contributed by atoms with Crippen molar-refractivity contribution < 1.29 is 14.9 Å². The molecule has 0 fully saturated rings. The van der Waals surface area contributed by atoms with Crippen LogP contribution in [-0.2, 0) is 6.54 Å². The lowest BCUT2D eigenvalue weighted by Gasteiger charge is -2.17. The Morgan fingerprint density at radius 1 is 1.39 bits per heavy atom. The Morgan fingerprint density at radius 3 is 2.67 bits per heavy atom. The molecule has 0 saturated heterocycles. The van der Waals surface area contributed by atoms with Crippen LogP contribution in [0.25, 0.3) is 0 Å². The first-order valence-corrected chi connectivity index (χ1v) is 6.33. The van der Waals surface area contributed by atoms with Crippen LogP contribution in [0, 0.1) is 5.92 Å². The van der Waals surface area contributed by atoms with E-state index >= 15 is 0 Å². The molecule has 0 radical (unpaired) electrons. The third kappa shape index (κ3) is 4.20. The summed E-state index contributed by atoms with van der Waals surface area (Å²) >= 11 is 0.